The van der Waals surface area contributed by atoms with Gasteiger partial charge < -0.3 is 15.4 Å². The molecule has 0 fully saturated rings. The summed E-state index contributed by atoms with van der Waals surface area (Å²) in [5.41, 5.74) is 0.178. The van der Waals surface area contributed by atoms with Crippen molar-refractivity contribution in [3.63, 3.8) is 0 Å². The maximum Gasteiger partial charge on any atom is 0.278 e. The van der Waals surface area contributed by atoms with Crippen LogP contribution in [0.5, 0.6) is 5.75 Å². The lowest BCUT2D eigenvalue weighted by atomic mass is 10.0. The van der Waals surface area contributed by atoms with Crippen molar-refractivity contribution in [2.75, 3.05) is 10.6 Å². The van der Waals surface area contributed by atoms with E-state index in [1.54, 1.807) is 18.2 Å². The topological polar surface area (TPSA) is 67.4 Å². The quantitative estimate of drug-likeness (QED) is 0.790. The molecule has 1 aliphatic heterocycles. The zero-order valence-electron chi connectivity index (χ0n) is 12.9. The highest BCUT2D eigenvalue weighted by Gasteiger charge is 2.47. The maximum absolute atomic E-state index is 12.6. The van der Waals surface area contributed by atoms with Crippen LogP contribution >= 0.6 is 23.2 Å². The molecule has 5 nitrogen and oxygen atoms in total. The minimum Gasteiger partial charge on any atom is -0.466 e. The summed E-state index contributed by atoms with van der Waals surface area (Å²) >= 11 is 11.8. The Kier molecular flexibility index (Phi) is 4.15. The SMILES string of the molecule is Cc1ccc2c(c1)NC(=O)C(C)(C(=O)Nc1cc(Cl)cc(Cl)c1)O2. The molecule has 1 heterocycles. The van der Waals surface area contributed by atoms with E-state index in [1.807, 2.05) is 13.0 Å². The van der Waals surface area contributed by atoms with Crippen molar-refractivity contribution in [2.24, 2.45) is 0 Å². The molecule has 0 bridgehead atoms. The van der Waals surface area contributed by atoms with Gasteiger partial charge in [-0.15, -0.1) is 0 Å². The highest BCUT2D eigenvalue weighted by Crippen LogP contribution is 2.35. The monoisotopic (exact) mass is 364 g/mol. The molecule has 0 aromatic heterocycles. The number of benzene rings is 2. The molecule has 24 heavy (non-hydrogen) atoms. The fraction of sp³-hybridized carbons (Fsp3) is 0.176. The Balaban J connectivity index is 1.88. The molecule has 1 unspecified atom stereocenters. The van der Waals surface area contributed by atoms with Crippen molar-refractivity contribution in [3.8, 4) is 5.75 Å². The van der Waals surface area contributed by atoms with Gasteiger partial charge in [0.2, 0.25) is 0 Å². The lowest BCUT2D eigenvalue weighted by molar-refractivity contribution is -0.143. The van der Waals surface area contributed by atoms with Gasteiger partial charge >= 0.3 is 0 Å². The standard InChI is InChI=1S/C17H14Cl2N2O3/c1-9-3-4-14-13(5-9)21-16(23)17(2,24-14)15(22)20-12-7-10(18)6-11(19)8-12/h3-8H,1-2H3,(H,20,22)(H,21,23). The first-order valence-corrected chi connectivity index (χ1v) is 7.92. The Morgan fingerprint density at radius 1 is 1.17 bits per heavy atom. The van der Waals surface area contributed by atoms with E-state index in [1.165, 1.54) is 19.1 Å². The van der Waals surface area contributed by atoms with Gasteiger partial charge in [0.15, 0.2) is 0 Å². The summed E-state index contributed by atoms with van der Waals surface area (Å²) in [7, 11) is 0. The molecular formula is C17H14Cl2N2O3. The van der Waals surface area contributed by atoms with Crippen LogP contribution in [0.4, 0.5) is 11.4 Å². The van der Waals surface area contributed by atoms with Crippen LogP contribution < -0.4 is 15.4 Å². The van der Waals surface area contributed by atoms with E-state index in [0.717, 1.165) is 5.56 Å². The summed E-state index contributed by atoms with van der Waals surface area (Å²) < 4.78 is 5.69. The van der Waals surface area contributed by atoms with E-state index < -0.39 is 17.4 Å². The zero-order valence-corrected chi connectivity index (χ0v) is 14.5. The predicted octanol–water partition coefficient (Wildman–Crippen LogP) is 4.03. The summed E-state index contributed by atoms with van der Waals surface area (Å²) in [5, 5.41) is 6.06. The molecule has 0 aliphatic carbocycles. The van der Waals surface area contributed by atoms with E-state index in [2.05, 4.69) is 10.6 Å². The summed E-state index contributed by atoms with van der Waals surface area (Å²) in [6.45, 7) is 3.31. The summed E-state index contributed by atoms with van der Waals surface area (Å²) in [4.78, 5) is 25.0. The molecule has 1 atom stereocenters. The maximum atomic E-state index is 12.6. The molecule has 0 spiro atoms. The van der Waals surface area contributed by atoms with Gasteiger partial charge in [-0.1, -0.05) is 29.3 Å². The third-order valence-corrected chi connectivity index (χ3v) is 4.12. The highest BCUT2D eigenvalue weighted by atomic mass is 35.5. The number of aryl methyl sites for hydroxylation is 1. The van der Waals surface area contributed by atoms with Crippen LogP contribution in [0.1, 0.15) is 12.5 Å². The van der Waals surface area contributed by atoms with Gasteiger partial charge in [-0.2, -0.15) is 0 Å². The number of hydrogen-bond acceptors (Lipinski definition) is 3. The predicted molar refractivity (Wildman–Crippen MR) is 93.9 cm³/mol. The number of amides is 2. The summed E-state index contributed by atoms with van der Waals surface area (Å²) in [6.07, 6.45) is 0. The molecule has 0 radical (unpaired) electrons. The molecule has 0 saturated heterocycles. The fourth-order valence-electron chi connectivity index (χ4n) is 2.36. The number of carbonyl (C=O) groups excluding carboxylic acids is 2. The van der Waals surface area contributed by atoms with Crippen molar-refractivity contribution in [3.05, 3.63) is 52.0 Å². The number of carbonyl (C=O) groups is 2. The van der Waals surface area contributed by atoms with Crippen molar-refractivity contribution in [2.45, 2.75) is 19.4 Å². The van der Waals surface area contributed by atoms with E-state index in [-0.39, 0.29) is 0 Å². The van der Waals surface area contributed by atoms with Gasteiger partial charge in [0, 0.05) is 15.7 Å². The highest BCUT2D eigenvalue weighted by molar-refractivity contribution is 6.35. The van der Waals surface area contributed by atoms with Crippen LogP contribution in [0, 0.1) is 6.92 Å². The van der Waals surface area contributed by atoms with Gasteiger partial charge in [-0.05, 0) is 49.7 Å². The number of ether oxygens (including phenoxy) is 1. The summed E-state index contributed by atoms with van der Waals surface area (Å²) in [6, 6.07) is 9.95. The molecule has 1 aliphatic rings. The van der Waals surface area contributed by atoms with Crippen molar-refractivity contribution >= 4 is 46.4 Å². The van der Waals surface area contributed by atoms with Gasteiger partial charge in [0.05, 0.1) is 5.69 Å². The second-order valence-electron chi connectivity index (χ2n) is 5.70. The molecule has 2 aromatic carbocycles. The largest absolute Gasteiger partial charge is 0.466 e. The van der Waals surface area contributed by atoms with Gasteiger partial charge in [0.1, 0.15) is 5.75 Å². The zero-order chi connectivity index (χ0) is 17.5. The Morgan fingerprint density at radius 3 is 2.50 bits per heavy atom. The van der Waals surface area contributed by atoms with Crippen LogP contribution in [0.3, 0.4) is 0 Å². The lowest BCUT2D eigenvalue weighted by Gasteiger charge is -2.33. The molecule has 0 saturated carbocycles. The Morgan fingerprint density at radius 2 is 1.83 bits per heavy atom. The first-order chi connectivity index (χ1) is 11.3. The van der Waals surface area contributed by atoms with E-state index >= 15 is 0 Å². The normalized spacial score (nSPS) is 19.1. The van der Waals surface area contributed by atoms with E-state index in [0.29, 0.717) is 27.2 Å². The molecular weight excluding hydrogens is 351 g/mol. The van der Waals surface area contributed by atoms with Gasteiger partial charge in [-0.3, -0.25) is 9.59 Å². The van der Waals surface area contributed by atoms with Crippen LogP contribution in [0.15, 0.2) is 36.4 Å². The number of rotatable bonds is 2. The second kappa shape index (κ2) is 6.00. The lowest BCUT2D eigenvalue weighted by Crippen LogP contribution is -2.56. The van der Waals surface area contributed by atoms with Crippen molar-refractivity contribution < 1.29 is 14.3 Å². The second-order valence-corrected chi connectivity index (χ2v) is 6.57. The first-order valence-electron chi connectivity index (χ1n) is 7.16. The van der Waals surface area contributed by atoms with E-state index in [9.17, 15) is 9.59 Å². The smallest absolute Gasteiger partial charge is 0.278 e. The summed E-state index contributed by atoms with van der Waals surface area (Å²) in [5.74, 6) is -0.738. The Labute approximate surface area is 148 Å². The fourth-order valence-corrected chi connectivity index (χ4v) is 2.89. The number of fused-ring (bicyclic) bond motifs is 1. The minimum atomic E-state index is -1.71. The van der Waals surface area contributed by atoms with Crippen molar-refractivity contribution in [1.82, 2.24) is 0 Å². The minimum absolute atomic E-state index is 0.373. The number of hydrogen-bond donors (Lipinski definition) is 2. The molecule has 124 valence electrons. The molecule has 2 aromatic rings. The number of nitrogens with one attached hydrogen (secondary N) is 2. The van der Waals surface area contributed by atoms with Crippen molar-refractivity contribution in [1.29, 1.82) is 0 Å². The average molecular weight is 365 g/mol. The van der Waals surface area contributed by atoms with Crippen LogP contribution in [0.25, 0.3) is 0 Å². The van der Waals surface area contributed by atoms with E-state index in [4.69, 9.17) is 27.9 Å². The van der Waals surface area contributed by atoms with Gasteiger partial charge in [0.25, 0.3) is 17.4 Å². The molecule has 7 heteroatoms. The first kappa shape index (κ1) is 16.6. The molecule has 2 N–H and O–H groups in total. The number of anilines is 2. The molecule has 2 amide bonds. The number of halogens is 2. The van der Waals surface area contributed by atoms with Gasteiger partial charge in [-0.25, -0.2) is 0 Å². The third-order valence-electron chi connectivity index (χ3n) is 3.68. The van der Waals surface area contributed by atoms with Crippen LogP contribution in [0.2, 0.25) is 10.0 Å². The van der Waals surface area contributed by atoms with Crippen LogP contribution in [-0.4, -0.2) is 17.4 Å². The average Bonchev–Trinajstić information content (AvgIpc) is 2.47. The Hall–Kier alpha value is -2.24. The van der Waals surface area contributed by atoms with Crippen LogP contribution in [-0.2, 0) is 9.59 Å². The third kappa shape index (κ3) is 3.05. The Bertz CT molecular complexity index is 833. The molecule has 3 rings (SSSR count).